The number of nitrogens with zero attached hydrogens (tertiary/aromatic N) is 4. The van der Waals surface area contributed by atoms with E-state index in [4.69, 9.17) is 14.7 Å². The second-order valence-corrected chi connectivity index (χ2v) is 9.81. The van der Waals surface area contributed by atoms with Gasteiger partial charge in [0.25, 0.3) is 0 Å². The number of hydrogen-bond donors (Lipinski definition) is 1. The lowest BCUT2D eigenvalue weighted by atomic mass is 10.0. The first kappa shape index (κ1) is 28.0. The molecule has 38 heavy (non-hydrogen) atoms. The van der Waals surface area contributed by atoms with Crippen molar-refractivity contribution >= 4 is 11.8 Å². The van der Waals surface area contributed by atoms with Crippen LogP contribution in [0, 0.1) is 34.8 Å². The van der Waals surface area contributed by atoms with Crippen LogP contribution in [0.25, 0.3) is 0 Å². The fourth-order valence-corrected chi connectivity index (χ4v) is 3.87. The summed E-state index contributed by atoms with van der Waals surface area (Å²) in [6, 6.07) is 17.4. The molecule has 1 unspecified atom stereocenters. The van der Waals surface area contributed by atoms with Gasteiger partial charge in [-0.25, -0.2) is 4.79 Å². The Hall–Kier alpha value is -4.60. The molecule has 0 fully saturated rings. The molecule has 9 nitrogen and oxygen atoms in total. The Balaban J connectivity index is 2.06. The first-order valence-electron chi connectivity index (χ1n) is 12.0. The monoisotopic (exact) mass is 514 g/mol. The summed E-state index contributed by atoms with van der Waals surface area (Å²) in [5, 5.41) is 42.0. The summed E-state index contributed by atoms with van der Waals surface area (Å²) >= 11 is 0. The second-order valence-electron chi connectivity index (χ2n) is 9.81. The molecule has 0 aliphatic carbocycles. The quantitative estimate of drug-likeness (QED) is 0.348. The minimum atomic E-state index is -1.04. The van der Waals surface area contributed by atoms with Gasteiger partial charge in [0, 0.05) is 23.7 Å². The third-order valence-corrected chi connectivity index (χ3v) is 5.63. The van der Waals surface area contributed by atoms with Crippen LogP contribution in [0.1, 0.15) is 67.3 Å². The molecule has 0 saturated heterocycles. The molecule has 3 aromatic rings. The maximum absolute atomic E-state index is 13.2. The van der Waals surface area contributed by atoms with Crippen LogP contribution in [0.3, 0.4) is 0 Å². The van der Waals surface area contributed by atoms with Crippen molar-refractivity contribution in [1.29, 1.82) is 10.5 Å². The SMILES string of the molecule is Cc1c(OCc2cccc(C#N)c2)c(C(C)O)c(CN(C(=O)OC(C)(C)C)c2ccc(C#N)cc2)c[n+]1[O-]. The molecule has 3 rings (SSSR count). The first-order valence-corrected chi connectivity index (χ1v) is 12.0. The Kier molecular flexibility index (Phi) is 8.57. The van der Waals surface area contributed by atoms with E-state index in [2.05, 4.69) is 6.07 Å². The standard InChI is InChI=1S/C29H30N4O5/c1-19-27(37-18-23-8-6-7-22(13-23)15-31)26(20(2)34)24(17-33(19)36)16-32(28(35)38-29(3,4)5)25-11-9-21(14-30)10-12-25/h6-13,17,20,34H,16,18H2,1-5H3. The molecule has 0 saturated carbocycles. The van der Waals surface area contributed by atoms with Crippen LogP contribution in [0.5, 0.6) is 5.75 Å². The molecule has 1 heterocycles. The predicted molar refractivity (Wildman–Crippen MR) is 140 cm³/mol. The van der Waals surface area contributed by atoms with E-state index < -0.39 is 17.8 Å². The van der Waals surface area contributed by atoms with Gasteiger partial charge >= 0.3 is 6.09 Å². The molecule has 1 aromatic heterocycles. The summed E-state index contributed by atoms with van der Waals surface area (Å²) in [6.07, 6.45) is -0.388. The Morgan fingerprint density at radius 1 is 1.13 bits per heavy atom. The zero-order valence-corrected chi connectivity index (χ0v) is 22.1. The minimum Gasteiger partial charge on any atom is -0.618 e. The third-order valence-electron chi connectivity index (χ3n) is 5.63. The van der Waals surface area contributed by atoms with E-state index in [0.29, 0.717) is 32.7 Å². The number of rotatable bonds is 7. The van der Waals surface area contributed by atoms with Gasteiger partial charge in [-0.15, -0.1) is 0 Å². The zero-order valence-electron chi connectivity index (χ0n) is 22.1. The predicted octanol–water partition coefficient (Wildman–Crippen LogP) is 4.95. The lowest BCUT2D eigenvalue weighted by molar-refractivity contribution is -0.613. The van der Waals surface area contributed by atoms with Crippen LogP contribution in [-0.2, 0) is 17.9 Å². The van der Waals surface area contributed by atoms with Crippen molar-refractivity contribution < 1.29 is 24.1 Å². The third kappa shape index (κ3) is 6.78. The molecular formula is C29H30N4O5. The topological polar surface area (TPSA) is 134 Å². The molecule has 1 amide bonds. The summed E-state index contributed by atoms with van der Waals surface area (Å²) in [5.41, 5.74) is 2.23. The molecule has 0 bridgehead atoms. The first-order chi connectivity index (χ1) is 17.9. The summed E-state index contributed by atoms with van der Waals surface area (Å²) < 4.78 is 12.3. The van der Waals surface area contributed by atoms with Crippen molar-refractivity contribution in [3.8, 4) is 17.9 Å². The molecule has 0 aliphatic rings. The molecule has 1 atom stereocenters. The van der Waals surface area contributed by atoms with E-state index in [-0.39, 0.29) is 24.6 Å². The van der Waals surface area contributed by atoms with Crippen LogP contribution >= 0.6 is 0 Å². The number of amides is 1. The Morgan fingerprint density at radius 2 is 1.79 bits per heavy atom. The lowest BCUT2D eigenvalue weighted by Gasteiger charge is -2.28. The van der Waals surface area contributed by atoms with E-state index >= 15 is 0 Å². The van der Waals surface area contributed by atoms with Crippen molar-refractivity contribution in [1.82, 2.24) is 0 Å². The number of aliphatic hydroxyl groups excluding tert-OH is 1. The highest BCUT2D eigenvalue weighted by atomic mass is 16.6. The van der Waals surface area contributed by atoms with Crippen LogP contribution in [-0.4, -0.2) is 16.8 Å². The molecule has 2 aromatic carbocycles. The number of nitriles is 2. The Morgan fingerprint density at radius 3 is 2.37 bits per heavy atom. The largest absolute Gasteiger partial charge is 0.618 e. The smallest absolute Gasteiger partial charge is 0.415 e. The highest BCUT2D eigenvalue weighted by Crippen LogP contribution is 2.33. The van der Waals surface area contributed by atoms with Gasteiger partial charge in [0.15, 0.2) is 11.9 Å². The number of aromatic nitrogens is 1. The zero-order chi connectivity index (χ0) is 28.0. The van der Waals surface area contributed by atoms with E-state index in [1.807, 2.05) is 6.07 Å². The lowest BCUT2D eigenvalue weighted by Crippen LogP contribution is -2.38. The van der Waals surface area contributed by atoms with Crippen LogP contribution in [0.15, 0.2) is 54.7 Å². The Labute approximate surface area is 222 Å². The molecule has 0 radical (unpaired) electrons. The second kappa shape index (κ2) is 11.6. The number of benzene rings is 2. The van der Waals surface area contributed by atoms with E-state index in [1.165, 1.54) is 11.1 Å². The summed E-state index contributed by atoms with van der Waals surface area (Å²) in [5.74, 6) is 0.193. The van der Waals surface area contributed by atoms with Gasteiger partial charge in [0.2, 0.25) is 5.69 Å². The van der Waals surface area contributed by atoms with Gasteiger partial charge in [0.05, 0.1) is 35.9 Å². The maximum Gasteiger partial charge on any atom is 0.415 e. The summed E-state index contributed by atoms with van der Waals surface area (Å²) in [4.78, 5) is 14.6. The molecule has 9 heteroatoms. The van der Waals surface area contributed by atoms with Gasteiger partial charge in [-0.05, 0) is 69.7 Å². The van der Waals surface area contributed by atoms with E-state index in [1.54, 1.807) is 83.1 Å². The number of ether oxygens (including phenoxy) is 2. The van der Waals surface area contributed by atoms with Crippen molar-refractivity contribution in [3.05, 3.63) is 93.4 Å². The van der Waals surface area contributed by atoms with E-state index in [9.17, 15) is 20.4 Å². The van der Waals surface area contributed by atoms with Crippen molar-refractivity contribution in [3.63, 3.8) is 0 Å². The molecule has 196 valence electrons. The fraction of sp³-hybridized carbons (Fsp3) is 0.310. The van der Waals surface area contributed by atoms with Crippen LogP contribution < -0.4 is 14.4 Å². The maximum atomic E-state index is 13.2. The number of anilines is 1. The summed E-state index contributed by atoms with van der Waals surface area (Å²) in [6.45, 7) is 8.32. The minimum absolute atomic E-state index is 0.0605. The number of aliphatic hydroxyl groups is 1. The highest BCUT2D eigenvalue weighted by Gasteiger charge is 2.29. The van der Waals surface area contributed by atoms with Crippen molar-refractivity contribution in [2.24, 2.45) is 0 Å². The molecule has 1 N–H and O–H groups in total. The van der Waals surface area contributed by atoms with Crippen LogP contribution in [0.4, 0.5) is 10.5 Å². The van der Waals surface area contributed by atoms with Crippen LogP contribution in [0.2, 0.25) is 0 Å². The molecule has 0 aliphatic heterocycles. The average Bonchev–Trinajstić information content (AvgIpc) is 2.87. The number of carbonyl (C=O) groups is 1. The van der Waals surface area contributed by atoms with E-state index in [0.717, 1.165) is 5.56 Å². The van der Waals surface area contributed by atoms with Gasteiger partial charge in [0.1, 0.15) is 12.2 Å². The molecular weight excluding hydrogens is 484 g/mol. The number of hydrogen-bond acceptors (Lipinski definition) is 7. The number of carbonyl (C=O) groups excluding carboxylic acids is 1. The van der Waals surface area contributed by atoms with Gasteiger partial charge < -0.3 is 19.8 Å². The normalized spacial score (nSPS) is 11.7. The van der Waals surface area contributed by atoms with Gasteiger partial charge in [-0.1, -0.05) is 12.1 Å². The summed E-state index contributed by atoms with van der Waals surface area (Å²) in [7, 11) is 0. The number of pyridine rings is 1. The average molecular weight is 515 g/mol. The highest BCUT2D eigenvalue weighted by molar-refractivity contribution is 5.88. The Bertz CT molecular complexity index is 1400. The van der Waals surface area contributed by atoms with Gasteiger partial charge in [-0.2, -0.15) is 15.3 Å². The van der Waals surface area contributed by atoms with Crippen molar-refractivity contribution in [2.75, 3.05) is 4.90 Å². The fourth-order valence-electron chi connectivity index (χ4n) is 3.87. The van der Waals surface area contributed by atoms with Crippen molar-refractivity contribution in [2.45, 2.75) is 59.5 Å². The van der Waals surface area contributed by atoms with Gasteiger partial charge in [-0.3, -0.25) is 4.90 Å². The molecule has 0 spiro atoms.